The summed E-state index contributed by atoms with van der Waals surface area (Å²) in [7, 11) is 0. The van der Waals surface area contributed by atoms with Gasteiger partial charge in [-0.15, -0.1) is 0 Å². The zero-order valence-corrected chi connectivity index (χ0v) is 20.7. The van der Waals surface area contributed by atoms with Gasteiger partial charge in [-0.1, -0.05) is 24.0 Å². The van der Waals surface area contributed by atoms with E-state index in [1.807, 2.05) is 60.7 Å². The molecule has 4 N–H and O–H groups in total. The summed E-state index contributed by atoms with van der Waals surface area (Å²) < 4.78 is 3.06. The smallest absolute Gasteiger partial charge is 0.335 e. The molecule has 6 rings (SSSR count). The summed E-state index contributed by atoms with van der Waals surface area (Å²) in [5, 5.41) is 11.6. The number of nitrogens with two attached hydrogens (primary N) is 1. The molecule has 5 aromatic rings. The topological polar surface area (TPSA) is 111 Å². The van der Waals surface area contributed by atoms with E-state index >= 15 is 0 Å². The number of nitrogens with one attached hydrogen (secondary N) is 1. The summed E-state index contributed by atoms with van der Waals surface area (Å²) in [6.07, 6.45) is 6.19. The fraction of sp³-hybridized carbons (Fsp3) is 0.167. The molecule has 0 amide bonds. The third kappa shape index (κ3) is 4.34. The molecule has 3 aromatic heterocycles. The molecule has 8 nitrogen and oxygen atoms in total. The van der Waals surface area contributed by atoms with Crippen molar-refractivity contribution in [1.82, 2.24) is 24.5 Å². The van der Waals surface area contributed by atoms with Crippen LogP contribution in [0.1, 0.15) is 35.2 Å². The van der Waals surface area contributed by atoms with Crippen molar-refractivity contribution in [2.24, 2.45) is 5.84 Å². The lowest BCUT2D eigenvalue weighted by Crippen LogP contribution is -2.26. The van der Waals surface area contributed by atoms with Gasteiger partial charge >= 0.3 is 5.69 Å². The number of nitrogens with zero attached hydrogens (tertiary/aromatic N) is 4. The van der Waals surface area contributed by atoms with Gasteiger partial charge in [-0.05, 0) is 73.4 Å². The van der Waals surface area contributed by atoms with Crippen molar-refractivity contribution < 1.29 is 5.11 Å². The molecule has 0 atom stereocenters. The summed E-state index contributed by atoms with van der Waals surface area (Å²) in [4.78, 5) is 21.8. The number of pyridine rings is 2. The minimum atomic E-state index is -0.194. The summed E-state index contributed by atoms with van der Waals surface area (Å²) in [6, 6.07) is 19.2. The molecule has 0 saturated heterocycles. The lowest BCUT2D eigenvalue weighted by atomic mass is 10.0. The number of imidazole rings is 1. The van der Waals surface area contributed by atoms with Crippen molar-refractivity contribution >= 4 is 10.9 Å². The first-order valence-electron chi connectivity index (χ1n) is 12.6. The highest BCUT2D eigenvalue weighted by molar-refractivity contribution is 5.84. The Morgan fingerprint density at radius 1 is 1.00 bits per heavy atom. The number of aromatic nitrogens is 4. The fourth-order valence-corrected chi connectivity index (χ4v) is 4.95. The van der Waals surface area contributed by atoms with Gasteiger partial charge in [-0.3, -0.25) is 20.8 Å². The van der Waals surface area contributed by atoms with E-state index in [0.29, 0.717) is 18.8 Å². The molecule has 2 aromatic carbocycles. The molecule has 1 aliphatic rings. The highest BCUT2D eigenvalue weighted by Gasteiger charge is 2.22. The number of hydrazine groups is 1. The van der Waals surface area contributed by atoms with E-state index in [4.69, 9.17) is 10.8 Å². The van der Waals surface area contributed by atoms with Crippen molar-refractivity contribution in [1.29, 1.82) is 0 Å². The molecule has 8 heteroatoms. The quantitative estimate of drug-likeness (QED) is 0.197. The lowest BCUT2D eigenvalue weighted by molar-refractivity contribution is 0.426. The Kier molecular flexibility index (Phi) is 6.22. The Morgan fingerprint density at radius 2 is 1.74 bits per heavy atom. The standard InChI is InChI=1S/C30H26N6O2/c31-33-18-23-17-27(34-26-14-15-32-19-25(23)26)22-10-6-20(7-11-22)4-5-21-8-12-24(13-9-21)36-29(37)28-3-1-2-16-35(28)30(36)38/h6-15,17,19,33,37H,1-3,16,18,31H2. The number of hydrogen-bond donors (Lipinski definition) is 3. The number of fused-ring (bicyclic) bond motifs is 2. The van der Waals surface area contributed by atoms with Crippen LogP contribution in [0.2, 0.25) is 0 Å². The van der Waals surface area contributed by atoms with Crippen LogP contribution in [0, 0.1) is 11.8 Å². The van der Waals surface area contributed by atoms with Crippen molar-refractivity contribution in [3.63, 3.8) is 0 Å². The molecule has 0 aliphatic carbocycles. The number of rotatable bonds is 4. The Hall–Kier alpha value is -4.71. The largest absolute Gasteiger partial charge is 0.493 e. The highest BCUT2D eigenvalue weighted by atomic mass is 16.3. The number of aromatic hydroxyl groups is 1. The Labute approximate surface area is 219 Å². The third-order valence-electron chi connectivity index (χ3n) is 6.91. The summed E-state index contributed by atoms with van der Waals surface area (Å²) in [6.45, 7) is 1.17. The highest BCUT2D eigenvalue weighted by Crippen LogP contribution is 2.26. The lowest BCUT2D eigenvalue weighted by Gasteiger charge is -2.11. The van der Waals surface area contributed by atoms with Gasteiger partial charge in [-0.25, -0.2) is 14.3 Å². The summed E-state index contributed by atoms with van der Waals surface area (Å²) in [5.41, 5.74) is 9.31. The van der Waals surface area contributed by atoms with Crippen LogP contribution >= 0.6 is 0 Å². The first-order chi connectivity index (χ1) is 18.6. The molecular formula is C30H26N6O2. The molecule has 0 saturated carbocycles. The first kappa shape index (κ1) is 23.7. The van der Waals surface area contributed by atoms with E-state index in [2.05, 4.69) is 22.3 Å². The minimum Gasteiger partial charge on any atom is -0.493 e. The van der Waals surface area contributed by atoms with Gasteiger partial charge in [-0.2, -0.15) is 0 Å². The van der Waals surface area contributed by atoms with Crippen LogP contribution < -0.4 is 17.0 Å². The van der Waals surface area contributed by atoms with Gasteiger partial charge in [0.1, 0.15) is 0 Å². The Bertz CT molecular complexity index is 1760. The average Bonchev–Trinajstić information content (AvgIpc) is 3.22. The maximum Gasteiger partial charge on any atom is 0.335 e. The van der Waals surface area contributed by atoms with Gasteiger partial charge in [0.05, 0.1) is 22.6 Å². The van der Waals surface area contributed by atoms with Crippen LogP contribution in [0.4, 0.5) is 0 Å². The Balaban J connectivity index is 1.23. The second-order valence-electron chi connectivity index (χ2n) is 9.31. The fourth-order valence-electron chi connectivity index (χ4n) is 4.95. The molecule has 0 fully saturated rings. The van der Waals surface area contributed by atoms with Crippen LogP contribution in [0.3, 0.4) is 0 Å². The molecule has 1 aliphatic heterocycles. The SMILES string of the molecule is NNCc1cc(-c2ccc(C#Cc3ccc(-n4c(O)c5n(c4=O)CCCC5)cc3)cc2)nc2ccncc12. The van der Waals surface area contributed by atoms with Crippen molar-refractivity contribution in [3.8, 4) is 34.7 Å². The van der Waals surface area contributed by atoms with Gasteiger partial charge in [0.2, 0.25) is 5.88 Å². The van der Waals surface area contributed by atoms with E-state index in [1.165, 1.54) is 4.57 Å². The molecule has 38 heavy (non-hydrogen) atoms. The van der Waals surface area contributed by atoms with E-state index < -0.39 is 0 Å². The van der Waals surface area contributed by atoms with Crippen molar-refractivity contribution in [3.05, 3.63) is 106 Å². The minimum absolute atomic E-state index is 0.0394. The van der Waals surface area contributed by atoms with E-state index in [9.17, 15) is 9.90 Å². The van der Waals surface area contributed by atoms with Gasteiger partial charge in [0.15, 0.2) is 0 Å². The number of hydrogen-bond acceptors (Lipinski definition) is 6. The molecule has 0 unspecified atom stereocenters. The van der Waals surface area contributed by atoms with E-state index in [1.54, 1.807) is 17.0 Å². The maximum absolute atomic E-state index is 12.8. The predicted molar refractivity (Wildman–Crippen MR) is 147 cm³/mol. The normalized spacial score (nSPS) is 12.7. The van der Waals surface area contributed by atoms with E-state index in [0.717, 1.165) is 63.8 Å². The molecule has 0 bridgehead atoms. The maximum atomic E-state index is 12.8. The average molecular weight is 503 g/mol. The molecular weight excluding hydrogens is 476 g/mol. The van der Waals surface area contributed by atoms with Crippen LogP contribution in [0.15, 0.2) is 77.9 Å². The number of benzene rings is 2. The van der Waals surface area contributed by atoms with Crippen LogP contribution in [-0.4, -0.2) is 24.2 Å². The second-order valence-corrected chi connectivity index (χ2v) is 9.31. The zero-order chi connectivity index (χ0) is 26.1. The third-order valence-corrected chi connectivity index (χ3v) is 6.91. The predicted octanol–water partition coefficient (Wildman–Crippen LogP) is 3.65. The van der Waals surface area contributed by atoms with Gasteiger partial charge < -0.3 is 5.11 Å². The van der Waals surface area contributed by atoms with Crippen LogP contribution in [0.5, 0.6) is 5.88 Å². The molecule has 0 spiro atoms. The van der Waals surface area contributed by atoms with E-state index in [-0.39, 0.29) is 11.6 Å². The molecule has 4 heterocycles. The van der Waals surface area contributed by atoms with Crippen molar-refractivity contribution in [2.75, 3.05) is 0 Å². The Morgan fingerprint density at radius 3 is 2.45 bits per heavy atom. The van der Waals surface area contributed by atoms with Crippen LogP contribution in [-0.2, 0) is 19.5 Å². The summed E-state index contributed by atoms with van der Waals surface area (Å²) >= 11 is 0. The van der Waals surface area contributed by atoms with Crippen LogP contribution in [0.25, 0.3) is 27.8 Å². The first-order valence-corrected chi connectivity index (χ1v) is 12.6. The molecule has 0 radical (unpaired) electrons. The summed E-state index contributed by atoms with van der Waals surface area (Å²) in [5.74, 6) is 12.0. The monoisotopic (exact) mass is 502 g/mol. The zero-order valence-electron chi connectivity index (χ0n) is 20.7. The van der Waals surface area contributed by atoms with Gasteiger partial charge in [0, 0.05) is 47.6 Å². The molecule has 188 valence electrons. The van der Waals surface area contributed by atoms with Crippen molar-refractivity contribution in [2.45, 2.75) is 32.4 Å². The second kappa shape index (κ2) is 9.98. The van der Waals surface area contributed by atoms with Gasteiger partial charge in [0.25, 0.3) is 0 Å².